The Bertz CT molecular complexity index is 1100. The zero-order valence-corrected chi connectivity index (χ0v) is 18.2. The molecule has 1 saturated heterocycles. The van der Waals surface area contributed by atoms with Crippen LogP contribution in [-0.4, -0.2) is 57.9 Å². The summed E-state index contributed by atoms with van der Waals surface area (Å²) in [5, 5.41) is 9.90. The summed E-state index contributed by atoms with van der Waals surface area (Å²) in [5.74, 6) is 0.623. The summed E-state index contributed by atoms with van der Waals surface area (Å²) in [7, 11) is 0. The van der Waals surface area contributed by atoms with Crippen LogP contribution in [0.4, 0.5) is 0 Å². The van der Waals surface area contributed by atoms with Gasteiger partial charge in [0.15, 0.2) is 0 Å². The number of carbonyl (C=O) groups is 2. The number of hydrogen-bond donors (Lipinski definition) is 1. The number of halogens is 1. The van der Waals surface area contributed by atoms with E-state index >= 15 is 0 Å². The number of piperazine rings is 1. The van der Waals surface area contributed by atoms with Gasteiger partial charge in [-0.25, -0.2) is 4.98 Å². The molecule has 4 rings (SSSR count). The highest BCUT2D eigenvalue weighted by Gasteiger charge is 2.26. The molecule has 0 saturated carbocycles. The Morgan fingerprint density at radius 3 is 2.26 bits per heavy atom. The average Bonchev–Trinajstić information content (AvgIpc) is 2.79. The Morgan fingerprint density at radius 1 is 0.903 bits per heavy atom. The zero-order valence-electron chi connectivity index (χ0n) is 16.6. The largest absolute Gasteiger partial charge is 0.507 e. The van der Waals surface area contributed by atoms with Crippen LogP contribution in [0.3, 0.4) is 0 Å². The van der Waals surface area contributed by atoms with E-state index in [-0.39, 0.29) is 23.1 Å². The van der Waals surface area contributed by atoms with Crippen molar-refractivity contribution in [2.24, 2.45) is 0 Å². The summed E-state index contributed by atoms with van der Waals surface area (Å²) in [5.41, 5.74) is 0.731. The fraction of sp³-hybridized carbons (Fsp3) is 0.174. The van der Waals surface area contributed by atoms with Crippen molar-refractivity contribution in [2.75, 3.05) is 26.2 Å². The number of aromatic nitrogens is 1. The fourth-order valence-electron chi connectivity index (χ4n) is 3.34. The molecule has 0 unspecified atom stereocenters. The molecule has 7 nitrogen and oxygen atoms in total. The summed E-state index contributed by atoms with van der Waals surface area (Å²) >= 11 is 3.39. The number of benzene rings is 2. The number of para-hydroxylation sites is 1. The number of rotatable bonds is 4. The number of carbonyl (C=O) groups excluding carboxylic acids is 2. The maximum absolute atomic E-state index is 12.8. The zero-order chi connectivity index (χ0) is 21.8. The molecule has 2 aromatic carbocycles. The molecule has 3 aromatic rings. The predicted molar refractivity (Wildman–Crippen MR) is 118 cm³/mol. The first-order valence-corrected chi connectivity index (χ1v) is 10.6. The maximum atomic E-state index is 12.8. The van der Waals surface area contributed by atoms with Crippen molar-refractivity contribution in [2.45, 2.75) is 0 Å². The smallest absolute Gasteiger partial charge is 0.257 e. The number of nitrogens with zero attached hydrogens (tertiary/aromatic N) is 3. The second-order valence-corrected chi connectivity index (χ2v) is 7.96. The number of phenolic OH excluding ortho intramolecular Hbond substituents is 1. The van der Waals surface area contributed by atoms with Crippen LogP contribution in [0.15, 0.2) is 71.3 Å². The lowest BCUT2D eigenvalue weighted by Crippen LogP contribution is -2.50. The molecule has 0 radical (unpaired) electrons. The van der Waals surface area contributed by atoms with Crippen molar-refractivity contribution in [1.82, 2.24) is 14.8 Å². The van der Waals surface area contributed by atoms with Crippen LogP contribution in [0.5, 0.6) is 17.4 Å². The molecule has 1 aromatic heterocycles. The van der Waals surface area contributed by atoms with Gasteiger partial charge in [-0.15, -0.1) is 0 Å². The van der Waals surface area contributed by atoms with Crippen LogP contribution < -0.4 is 4.74 Å². The molecule has 2 amide bonds. The minimum atomic E-state index is -0.235. The SMILES string of the molecule is O=C(c1ccc(Oc2cccc(Br)c2)nc1)N1CCN(C(=O)c2ccccc2O)CC1. The molecule has 0 atom stereocenters. The van der Waals surface area contributed by atoms with Crippen molar-refractivity contribution < 1.29 is 19.4 Å². The Labute approximate surface area is 188 Å². The normalized spacial score (nSPS) is 13.7. The summed E-state index contributed by atoms with van der Waals surface area (Å²) in [6.45, 7) is 1.62. The van der Waals surface area contributed by atoms with E-state index in [1.165, 1.54) is 12.3 Å². The predicted octanol–water partition coefficient (Wildman–Crippen LogP) is 3.94. The van der Waals surface area contributed by atoms with Crippen LogP contribution >= 0.6 is 15.9 Å². The van der Waals surface area contributed by atoms with Crippen molar-refractivity contribution >= 4 is 27.7 Å². The molecule has 8 heteroatoms. The van der Waals surface area contributed by atoms with E-state index in [9.17, 15) is 14.7 Å². The van der Waals surface area contributed by atoms with E-state index in [1.54, 1.807) is 40.1 Å². The minimum absolute atomic E-state index is 0.0396. The highest BCUT2D eigenvalue weighted by atomic mass is 79.9. The van der Waals surface area contributed by atoms with Crippen LogP contribution in [0, 0.1) is 0 Å². The van der Waals surface area contributed by atoms with Crippen molar-refractivity contribution in [3.8, 4) is 17.4 Å². The third-order valence-electron chi connectivity index (χ3n) is 4.99. The molecule has 1 aliphatic heterocycles. The quantitative estimate of drug-likeness (QED) is 0.609. The summed E-state index contributed by atoms with van der Waals surface area (Å²) in [6, 6.07) is 17.2. The van der Waals surface area contributed by atoms with Crippen LogP contribution in [0.25, 0.3) is 0 Å². The van der Waals surface area contributed by atoms with Gasteiger partial charge >= 0.3 is 0 Å². The molecular formula is C23H20BrN3O4. The van der Waals surface area contributed by atoms with Gasteiger partial charge in [-0.2, -0.15) is 0 Å². The van der Waals surface area contributed by atoms with Gasteiger partial charge in [0.1, 0.15) is 11.5 Å². The Kier molecular flexibility index (Phi) is 6.18. The van der Waals surface area contributed by atoms with E-state index < -0.39 is 0 Å². The molecule has 1 N–H and O–H groups in total. The number of hydrogen-bond acceptors (Lipinski definition) is 5. The van der Waals surface area contributed by atoms with Gasteiger partial charge < -0.3 is 19.6 Å². The summed E-state index contributed by atoms with van der Waals surface area (Å²) in [4.78, 5) is 33.0. The monoisotopic (exact) mass is 481 g/mol. The molecule has 0 spiro atoms. The van der Waals surface area contributed by atoms with Crippen LogP contribution in [0.2, 0.25) is 0 Å². The van der Waals surface area contributed by atoms with E-state index in [4.69, 9.17) is 4.74 Å². The van der Waals surface area contributed by atoms with E-state index in [2.05, 4.69) is 20.9 Å². The van der Waals surface area contributed by atoms with Gasteiger partial charge in [-0.3, -0.25) is 9.59 Å². The first-order valence-electron chi connectivity index (χ1n) is 9.77. The van der Waals surface area contributed by atoms with Crippen molar-refractivity contribution in [1.29, 1.82) is 0 Å². The van der Waals surface area contributed by atoms with Gasteiger partial charge in [0, 0.05) is 42.9 Å². The molecule has 31 heavy (non-hydrogen) atoms. The number of aromatic hydroxyl groups is 1. The minimum Gasteiger partial charge on any atom is -0.507 e. The first kappa shape index (κ1) is 20.9. The highest BCUT2D eigenvalue weighted by Crippen LogP contribution is 2.23. The van der Waals surface area contributed by atoms with Crippen LogP contribution in [0.1, 0.15) is 20.7 Å². The second kappa shape index (κ2) is 9.18. The Hall–Kier alpha value is -3.39. The molecule has 0 bridgehead atoms. The third-order valence-corrected chi connectivity index (χ3v) is 5.48. The lowest BCUT2D eigenvalue weighted by molar-refractivity contribution is 0.0533. The highest BCUT2D eigenvalue weighted by molar-refractivity contribution is 9.10. The van der Waals surface area contributed by atoms with Gasteiger partial charge in [0.2, 0.25) is 5.88 Å². The van der Waals surface area contributed by atoms with Crippen molar-refractivity contribution in [3.05, 3.63) is 82.5 Å². The molecule has 1 aliphatic rings. The average molecular weight is 482 g/mol. The molecule has 1 fully saturated rings. The van der Waals surface area contributed by atoms with Crippen LogP contribution in [-0.2, 0) is 0 Å². The lowest BCUT2D eigenvalue weighted by Gasteiger charge is -2.34. The molecule has 2 heterocycles. The summed E-state index contributed by atoms with van der Waals surface area (Å²) < 4.78 is 6.60. The van der Waals surface area contributed by atoms with Gasteiger partial charge in [0.05, 0.1) is 11.1 Å². The van der Waals surface area contributed by atoms with E-state index in [1.807, 2.05) is 24.3 Å². The first-order chi connectivity index (χ1) is 15.0. The van der Waals surface area contributed by atoms with E-state index in [0.717, 1.165) is 4.47 Å². The number of phenols is 1. The lowest BCUT2D eigenvalue weighted by atomic mass is 10.1. The van der Waals surface area contributed by atoms with Crippen molar-refractivity contribution in [3.63, 3.8) is 0 Å². The fourth-order valence-corrected chi connectivity index (χ4v) is 3.72. The molecule has 158 valence electrons. The standard InChI is InChI=1S/C23H20BrN3O4/c24-17-4-3-5-18(14-17)31-21-9-8-16(15-25-21)22(29)26-10-12-27(13-11-26)23(30)19-6-1-2-7-20(19)28/h1-9,14-15,28H,10-13H2. The Balaban J connectivity index is 1.35. The van der Waals surface area contributed by atoms with Gasteiger partial charge in [0.25, 0.3) is 11.8 Å². The Morgan fingerprint density at radius 2 is 1.61 bits per heavy atom. The number of amides is 2. The number of ether oxygens (including phenoxy) is 1. The third kappa shape index (κ3) is 4.86. The second-order valence-electron chi connectivity index (χ2n) is 7.05. The molecular weight excluding hydrogens is 462 g/mol. The number of pyridine rings is 1. The van der Waals surface area contributed by atoms with E-state index in [0.29, 0.717) is 43.4 Å². The van der Waals surface area contributed by atoms with Gasteiger partial charge in [-0.1, -0.05) is 34.1 Å². The topological polar surface area (TPSA) is 83.0 Å². The maximum Gasteiger partial charge on any atom is 0.257 e. The van der Waals surface area contributed by atoms with Gasteiger partial charge in [-0.05, 0) is 36.4 Å². The molecule has 0 aliphatic carbocycles. The summed E-state index contributed by atoms with van der Waals surface area (Å²) in [6.07, 6.45) is 1.50.